The molecule has 0 fully saturated rings. The molecule has 0 saturated carbocycles. The molecule has 0 radical (unpaired) electrons. The first-order valence-corrected chi connectivity index (χ1v) is 10.6. The monoisotopic (exact) mass is 435 g/mol. The van der Waals surface area contributed by atoms with Crippen LogP contribution in [-0.4, -0.2) is 31.8 Å². The minimum Gasteiger partial charge on any atom is -0.370 e. The fourth-order valence-corrected chi connectivity index (χ4v) is 4.09. The zero-order valence-electron chi connectivity index (χ0n) is 15.0. The van der Waals surface area contributed by atoms with E-state index in [-0.39, 0.29) is 12.3 Å². The largest absolute Gasteiger partial charge is 0.370 e. The smallest absolute Gasteiger partial charge is 0.237 e. The van der Waals surface area contributed by atoms with Crippen LogP contribution in [-0.2, 0) is 16.1 Å². The maximum atomic E-state index is 12.5. The van der Waals surface area contributed by atoms with Crippen molar-refractivity contribution in [3.8, 4) is 10.7 Å². The molecule has 1 atom stereocenters. The van der Waals surface area contributed by atoms with Gasteiger partial charge in [0.2, 0.25) is 11.8 Å². The molecule has 2 amide bonds. The number of primary amides is 1. The molecule has 146 valence electrons. The number of hydrogen-bond acceptors (Lipinski definition) is 6. The number of nitrogens with one attached hydrogen (secondary N) is 1. The number of nitrogens with zero attached hydrogens (tertiary/aromatic N) is 3. The molecule has 2 heterocycles. The van der Waals surface area contributed by atoms with Crippen molar-refractivity contribution in [1.82, 2.24) is 14.8 Å². The van der Waals surface area contributed by atoms with Gasteiger partial charge in [0, 0.05) is 23.7 Å². The van der Waals surface area contributed by atoms with E-state index in [1.807, 2.05) is 22.1 Å². The van der Waals surface area contributed by atoms with Gasteiger partial charge in [-0.3, -0.25) is 9.59 Å². The number of halogens is 1. The molecule has 3 aromatic rings. The summed E-state index contributed by atoms with van der Waals surface area (Å²) < 4.78 is 1.83. The normalized spacial score (nSPS) is 11.9. The molecule has 0 aliphatic rings. The molecule has 3 rings (SSSR count). The van der Waals surface area contributed by atoms with Gasteiger partial charge < -0.3 is 15.6 Å². The predicted octanol–water partition coefficient (Wildman–Crippen LogP) is 3.65. The van der Waals surface area contributed by atoms with Crippen molar-refractivity contribution < 1.29 is 9.59 Å². The standard InChI is InChI=1S/C18H18ClN5O2S2/c1-11(17(26)21-13-6-4-12(19)5-7-13)28-18-23-22-16(14-3-2-10-27-14)24(18)9-8-15(20)25/h2-7,10-11H,8-9H2,1H3,(H2,20,25)(H,21,26)/t11-/m1/s1. The van der Waals surface area contributed by atoms with E-state index in [0.717, 1.165) is 4.88 Å². The minimum absolute atomic E-state index is 0.162. The number of aromatic nitrogens is 3. The lowest BCUT2D eigenvalue weighted by Gasteiger charge is -2.13. The quantitative estimate of drug-likeness (QED) is 0.525. The van der Waals surface area contributed by atoms with Crippen molar-refractivity contribution in [3.05, 3.63) is 46.8 Å². The van der Waals surface area contributed by atoms with Crippen LogP contribution in [0.1, 0.15) is 13.3 Å². The Bertz CT molecular complexity index is 957. The molecular formula is C18H18ClN5O2S2. The fraction of sp³-hybridized carbons (Fsp3) is 0.222. The van der Waals surface area contributed by atoms with Crippen molar-refractivity contribution in [2.75, 3.05) is 5.32 Å². The van der Waals surface area contributed by atoms with Crippen LogP contribution in [0.15, 0.2) is 46.9 Å². The Morgan fingerprint density at radius 2 is 2.04 bits per heavy atom. The second-order valence-corrected chi connectivity index (χ2v) is 8.60. The summed E-state index contributed by atoms with van der Waals surface area (Å²) in [4.78, 5) is 24.7. The first kappa shape index (κ1) is 20.4. The first-order chi connectivity index (χ1) is 13.4. The molecule has 0 spiro atoms. The van der Waals surface area contributed by atoms with Gasteiger partial charge in [-0.2, -0.15) is 0 Å². The van der Waals surface area contributed by atoms with Gasteiger partial charge in [-0.25, -0.2) is 0 Å². The highest BCUT2D eigenvalue weighted by atomic mass is 35.5. The lowest BCUT2D eigenvalue weighted by atomic mass is 10.3. The second-order valence-electron chi connectivity index (χ2n) is 5.91. The fourth-order valence-electron chi connectivity index (χ4n) is 2.38. The van der Waals surface area contributed by atoms with E-state index in [2.05, 4.69) is 15.5 Å². The highest BCUT2D eigenvalue weighted by Gasteiger charge is 2.21. The van der Waals surface area contributed by atoms with Crippen molar-refractivity contribution in [3.63, 3.8) is 0 Å². The third-order valence-electron chi connectivity index (χ3n) is 3.80. The molecule has 10 heteroatoms. The minimum atomic E-state index is -0.427. The van der Waals surface area contributed by atoms with E-state index in [1.54, 1.807) is 31.2 Å². The van der Waals surface area contributed by atoms with Crippen LogP contribution >= 0.6 is 34.7 Å². The number of thiophene rings is 1. The van der Waals surface area contributed by atoms with Crippen LogP contribution in [0.5, 0.6) is 0 Å². The van der Waals surface area contributed by atoms with Crippen LogP contribution in [0.2, 0.25) is 5.02 Å². The van der Waals surface area contributed by atoms with Gasteiger partial charge in [-0.15, -0.1) is 21.5 Å². The molecule has 2 aromatic heterocycles. The average molecular weight is 436 g/mol. The summed E-state index contributed by atoms with van der Waals surface area (Å²) in [5, 5.41) is 14.0. The average Bonchev–Trinajstić information content (AvgIpc) is 3.31. The number of thioether (sulfide) groups is 1. The molecule has 0 unspecified atom stereocenters. The van der Waals surface area contributed by atoms with E-state index >= 15 is 0 Å². The summed E-state index contributed by atoms with van der Waals surface area (Å²) in [7, 11) is 0. The van der Waals surface area contributed by atoms with Gasteiger partial charge in [-0.05, 0) is 42.6 Å². The van der Waals surface area contributed by atoms with Crippen LogP contribution in [0.3, 0.4) is 0 Å². The molecule has 0 aliphatic heterocycles. The summed E-state index contributed by atoms with van der Waals surface area (Å²) in [6, 6.07) is 10.7. The Morgan fingerprint density at radius 3 is 2.68 bits per heavy atom. The zero-order chi connectivity index (χ0) is 20.1. The number of anilines is 1. The van der Waals surface area contributed by atoms with Gasteiger partial charge in [0.05, 0.1) is 10.1 Å². The Balaban J connectivity index is 1.75. The maximum absolute atomic E-state index is 12.5. The van der Waals surface area contributed by atoms with Crippen LogP contribution in [0.4, 0.5) is 5.69 Å². The topological polar surface area (TPSA) is 103 Å². The zero-order valence-corrected chi connectivity index (χ0v) is 17.4. The third kappa shape index (κ3) is 5.12. The third-order valence-corrected chi connectivity index (χ3v) is 6.00. The highest BCUT2D eigenvalue weighted by Crippen LogP contribution is 2.30. The van der Waals surface area contributed by atoms with Crippen molar-refractivity contribution in [2.45, 2.75) is 30.3 Å². The van der Waals surface area contributed by atoms with Crippen molar-refractivity contribution >= 4 is 52.2 Å². The van der Waals surface area contributed by atoms with Crippen molar-refractivity contribution in [2.24, 2.45) is 5.73 Å². The predicted molar refractivity (Wildman–Crippen MR) is 113 cm³/mol. The second kappa shape index (κ2) is 9.22. The Labute approximate surface area is 175 Å². The van der Waals surface area contributed by atoms with E-state index < -0.39 is 11.2 Å². The Hall–Kier alpha value is -2.36. The lowest BCUT2D eigenvalue weighted by Crippen LogP contribution is -2.23. The summed E-state index contributed by atoms with van der Waals surface area (Å²) in [5.41, 5.74) is 5.97. The number of carbonyl (C=O) groups excluding carboxylic acids is 2. The van der Waals surface area contributed by atoms with Crippen LogP contribution in [0.25, 0.3) is 10.7 Å². The van der Waals surface area contributed by atoms with Gasteiger partial charge in [0.25, 0.3) is 0 Å². The van der Waals surface area contributed by atoms with Crippen LogP contribution < -0.4 is 11.1 Å². The summed E-state index contributed by atoms with van der Waals surface area (Å²) in [6.45, 7) is 2.14. The van der Waals surface area contributed by atoms with Gasteiger partial charge in [-0.1, -0.05) is 29.4 Å². The summed E-state index contributed by atoms with van der Waals surface area (Å²) in [5.74, 6) is 0.0776. The number of rotatable bonds is 8. The SMILES string of the molecule is C[C@@H](Sc1nnc(-c2cccs2)n1CCC(N)=O)C(=O)Nc1ccc(Cl)cc1. The molecule has 28 heavy (non-hydrogen) atoms. The van der Waals surface area contributed by atoms with Gasteiger partial charge in [0.15, 0.2) is 11.0 Å². The molecule has 0 bridgehead atoms. The van der Waals surface area contributed by atoms with E-state index in [0.29, 0.717) is 28.2 Å². The molecule has 0 aliphatic carbocycles. The molecular weight excluding hydrogens is 418 g/mol. The first-order valence-electron chi connectivity index (χ1n) is 8.42. The molecule has 7 nitrogen and oxygen atoms in total. The maximum Gasteiger partial charge on any atom is 0.237 e. The Kier molecular flexibility index (Phi) is 6.71. The van der Waals surface area contributed by atoms with Crippen LogP contribution in [0, 0.1) is 0 Å². The van der Waals surface area contributed by atoms with E-state index in [1.165, 1.54) is 23.1 Å². The lowest BCUT2D eigenvalue weighted by molar-refractivity contribution is -0.118. The van der Waals surface area contributed by atoms with E-state index in [4.69, 9.17) is 17.3 Å². The summed E-state index contributed by atoms with van der Waals surface area (Å²) >= 11 is 8.67. The highest BCUT2D eigenvalue weighted by molar-refractivity contribution is 8.00. The Morgan fingerprint density at radius 1 is 1.29 bits per heavy atom. The number of amides is 2. The number of hydrogen-bond donors (Lipinski definition) is 2. The summed E-state index contributed by atoms with van der Waals surface area (Å²) in [6.07, 6.45) is 0.162. The number of nitrogens with two attached hydrogens (primary N) is 1. The van der Waals surface area contributed by atoms with Gasteiger partial charge >= 0.3 is 0 Å². The van der Waals surface area contributed by atoms with E-state index in [9.17, 15) is 9.59 Å². The number of carbonyl (C=O) groups is 2. The molecule has 3 N–H and O–H groups in total. The molecule has 0 saturated heterocycles. The number of benzene rings is 1. The molecule has 1 aromatic carbocycles. The van der Waals surface area contributed by atoms with Gasteiger partial charge in [0.1, 0.15) is 0 Å². The van der Waals surface area contributed by atoms with Crippen molar-refractivity contribution in [1.29, 1.82) is 0 Å².